The Kier molecular flexibility index (Phi) is 26.2. The SMILES string of the molecule is C=Cc1ccc(C(=O)Oc2ccc(-c3ccc(CC(C)CC)cc3)cc2)cc1.C=Cc1ccc(C(=O)Oc2ccc(C#N)cc2)cc1.C=Cc1ccc(C(=O)Oc2ccc(CC(C)CC)cc2)cc1.C=Cc1ccc(C(=O)Oc2ccc(OC)cc2)cc1. The van der Waals surface area contributed by atoms with E-state index in [0.717, 1.165) is 58.4 Å². The van der Waals surface area contributed by atoms with Gasteiger partial charge < -0.3 is 23.7 Å². The molecule has 9 aromatic carbocycles. The molecule has 0 aromatic heterocycles. The highest BCUT2D eigenvalue weighted by Crippen LogP contribution is 2.26. The Morgan fingerprint density at radius 3 is 0.875 bits per heavy atom. The first-order valence-electron chi connectivity index (χ1n) is 28.9. The van der Waals surface area contributed by atoms with Crippen LogP contribution in [0.1, 0.15) is 121 Å². The van der Waals surface area contributed by atoms with Crippen LogP contribution in [0.3, 0.4) is 0 Å². The van der Waals surface area contributed by atoms with Crippen LogP contribution in [0, 0.1) is 23.2 Å². The van der Waals surface area contributed by atoms with Gasteiger partial charge in [0, 0.05) is 0 Å². The highest BCUT2D eigenvalue weighted by molar-refractivity contribution is 5.93. The van der Waals surface area contributed by atoms with Gasteiger partial charge in [-0.1, -0.05) is 188 Å². The quantitative estimate of drug-likeness (QED) is 0.0535. The number of benzene rings is 9. The fourth-order valence-electron chi connectivity index (χ4n) is 8.26. The highest BCUT2D eigenvalue weighted by Gasteiger charge is 2.13. The summed E-state index contributed by atoms with van der Waals surface area (Å²) in [5.41, 5.74) is 11.3. The summed E-state index contributed by atoms with van der Waals surface area (Å²) in [5, 5.41) is 8.67. The molecule has 0 aliphatic carbocycles. The zero-order chi connectivity index (χ0) is 63.2. The third kappa shape index (κ3) is 21.3. The maximum atomic E-state index is 12.3. The van der Waals surface area contributed by atoms with E-state index in [9.17, 15) is 19.2 Å². The maximum absolute atomic E-state index is 12.3. The minimum Gasteiger partial charge on any atom is -0.497 e. The molecule has 0 spiro atoms. The molecular formula is C78H73NO9. The van der Waals surface area contributed by atoms with E-state index in [1.165, 1.54) is 17.5 Å². The number of carbonyl (C=O) groups excluding carboxylic acids is 4. The summed E-state index contributed by atoms with van der Waals surface area (Å²) in [4.78, 5) is 48.1. The number of hydrogen-bond acceptors (Lipinski definition) is 10. The van der Waals surface area contributed by atoms with Crippen molar-refractivity contribution in [2.24, 2.45) is 11.8 Å². The molecule has 444 valence electrons. The van der Waals surface area contributed by atoms with E-state index in [4.69, 9.17) is 28.9 Å². The molecule has 0 bridgehead atoms. The Labute approximate surface area is 518 Å². The lowest BCUT2D eigenvalue weighted by Crippen LogP contribution is -2.08. The lowest BCUT2D eigenvalue weighted by atomic mass is 9.97. The second-order valence-electron chi connectivity index (χ2n) is 20.5. The Balaban J connectivity index is 0.000000190. The maximum Gasteiger partial charge on any atom is 0.343 e. The number of ether oxygens (including phenoxy) is 5. The van der Waals surface area contributed by atoms with Gasteiger partial charge in [-0.2, -0.15) is 5.26 Å². The average molecular weight is 1170 g/mol. The number of hydrogen-bond donors (Lipinski definition) is 0. The molecule has 88 heavy (non-hydrogen) atoms. The van der Waals surface area contributed by atoms with Crippen LogP contribution in [0.4, 0.5) is 0 Å². The summed E-state index contributed by atoms with van der Waals surface area (Å²) in [5.74, 6) is 2.57. The van der Waals surface area contributed by atoms with Crippen LogP contribution < -0.4 is 23.7 Å². The van der Waals surface area contributed by atoms with Gasteiger partial charge in [0.15, 0.2) is 0 Å². The second-order valence-corrected chi connectivity index (χ2v) is 20.5. The summed E-state index contributed by atoms with van der Waals surface area (Å²) in [6.07, 6.45) is 11.4. The van der Waals surface area contributed by atoms with Gasteiger partial charge in [-0.05, 0) is 191 Å². The van der Waals surface area contributed by atoms with Crippen molar-refractivity contribution in [1.29, 1.82) is 5.26 Å². The van der Waals surface area contributed by atoms with E-state index in [1.54, 1.807) is 141 Å². The minimum absolute atomic E-state index is 0.342. The van der Waals surface area contributed by atoms with E-state index >= 15 is 0 Å². The second kappa shape index (κ2) is 34.8. The Morgan fingerprint density at radius 1 is 0.375 bits per heavy atom. The fraction of sp³-hybridized carbons (Fsp3) is 0.141. The molecule has 9 aromatic rings. The van der Waals surface area contributed by atoms with Gasteiger partial charge in [-0.25, -0.2) is 19.2 Å². The molecule has 0 saturated carbocycles. The highest BCUT2D eigenvalue weighted by atomic mass is 16.5. The summed E-state index contributed by atoms with van der Waals surface area (Å²) in [6, 6.07) is 67.7. The van der Waals surface area contributed by atoms with Crippen LogP contribution in [0.25, 0.3) is 35.4 Å². The number of esters is 4. The lowest BCUT2D eigenvalue weighted by Gasteiger charge is -2.10. The van der Waals surface area contributed by atoms with Gasteiger partial charge in [-0.3, -0.25) is 0 Å². The Bertz CT molecular complexity index is 3750. The summed E-state index contributed by atoms with van der Waals surface area (Å²) < 4.78 is 26.4. The topological polar surface area (TPSA) is 138 Å². The molecule has 0 saturated heterocycles. The lowest BCUT2D eigenvalue weighted by molar-refractivity contribution is 0.0725. The van der Waals surface area contributed by atoms with Crippen molar-refractivity contribution in [2.45, 2.75) is 53.4 Å². The predicted octanol–water partition coefficient (Wildman–Crippen LogP) is 18.9. The van der Waals surface area contributed by atoms with Gasteiger partial charge in [0.2, 0.25) is 0 Å². The average Bonchev–Trinajstić information content (AvgIpc) is 3.73. The molecule has 0 heterocycles. The number of nitrogens with zero attached hydrogens (tertiary/aromatic N) is 1. The van der Waals surface area contributed by atoms with E-state index < -0.39 is 5.97 Å². The molecule has 0 fully saturated rings. The molecule has 0 radical (unpaired) electrons. The van der Waals surface area contributed by atoms with Gasteiger partial charge in [0.05, 0.1) is 41.0 Å². The Hall–Kier alpha value is -10.9. The minimum atomic E-state index is -0.430. The predicted molar refractivity (Wildman–Crippen MR) is 355 cm³/mol. The number of methoxy groups -OCH3 is 1. The molecule has 0 aliphatic rings. The van der Waals surface area contributed by atoms with Crippen molar-refractivity contribution in [2.75, 3.05) is 7.11 Å². The third-order valence-corrected chi connectivity index (χ3v) is 14.0. The largest absolute Gasteiger partial charge is 0.497 e. The standard InChI is InChI=1S/C26H26O2.C20H22O2.C16H11NO2.C16H14O3/c1-4-19(3)18-21-8-10-22(11-9-21)23-14-16-25(17-15-23)28-26(27)24-12-6-20(5-2)7-13-24;1-4-15(3)14-17-8-12-19(13-9-17)22-20(21)18-10-6-16(5-2)7-11-18;1-2-12-3-7-14(8-4-12)16(18)19-15-9-5-13(11-17)6-10-15;1-3-12-4-6-13(7-5-12)16(17)19-15-10-8-14(18-2)9-11-15/h5-17,19H,2,4,18H2,1,3H3;5-13,15H,2,4,14H2,1,3H3;2-10H,1H2;3-11H,1H2,2H3. The smallest absolute Gasteiger partial charge is 0.343 e. The van der Waals surface area contributed by atoms with Gasteiger partial charge in [0.1, 0.15) is 28.7 Å². The number of rotatable bonds is 20. The summed E-state index contributed by atoms with van der Waals surface area (Å²) in [7, 11) is 1.59. The van der Waals surface area contributed by atoms with Crippen molar-refractivity contribution in [3.8, 4) is 45.9 Å². The Morgan fingerprint density at radius 2 is 0.614 bits per heavy atom. The van der Waals surface area contributed by atoms with Crippen molar-refractivity contribution < 1.29 is 42.9 Å². The zero-order valence-corrected chi connectivity index (χ0v) is 50.5. The summed E-state index contributed by atoms with van der Waals surface area (Å²) in [6.45, 7) is 23.6. The number of carbonyl (C=O) groups is 4. The monoisotopic (exact) mass is 1170 g/mol. The first-order valence-corrected chi connectivity index (χ1v) is 28.9. The molecule has 2 unspecified atom stereocenters. The third-order valence-electron chi connectivity index (χ3n) is 14.0. The van der Waals surface area contributed by atoms with Crippen molar-refractivity contribution in [3.63, 3.8) is 0 Å². The van der Waals surface area contributed by atoms with Crippen molar-refractivity contribution in [3.05, 3.63) is 306 Å². The van der Waals surface area contributed by atoms with Crippen LogP contribution >= 0.6 is 0 Å². The van der Waals surface area contributed by atoms with Crippen LogP contribution in [0.5, 0.6) is 28.7 Å². The fourth-order valence-corrected chi connectivity index (χ4v) is 8.26. The molecule has 2 atom stereocenters. The van der Waals surface area contributed by atoms with Gasteiger partial charge in [-0.15, -0.1) is 0 Å². The molecule has 0 amide bonds. The van der Waals surface area contributed by atoms with Crippen LogP contribution in [0.2, 0.25) is 0 Å². The zero-order valence-electron chi connectivity index (χ0n) is 50.5. The summed E-state index contributed by atoms with van der Waals surface area (Å²) >= 11 is 0. The van der Waals surface area contributed by atoms with Crippen LogP contribution in [-0.4, -0.2) is 31.0 Å². The molecule has 10 heteroatoms. The van der Waals surface area contributed by atoms with Gasteiger partial charge >= 0.3 is 23.9 Å². The van der Waals surface area contributed by atoms with Gasteiger partial charge in [0.25, 0.3) is 0 Å². The van der Waals surface area contributed by atoms with E-state index in [0.29, 0.717) is 62.7 Å². The molecule has 0 aliphatic heterocycles. The van der Waals surface area contributed by atoms with Crippen LogP contribution in [-0.2, 0) is 12.8 Å². The molecule has 0 N–H and O–H groups in total. The van der Waals surface area contributed by atoms with Crippen molar-refractivity contribution in [1.82, 2.24) is 0 Å². The van der Waals surface area contributed by atoms with E-state index in [1.807, 2.05) is 91.0 Å². The number of nitriles is 1. The van der Waals surface area contributed by atoms with Crippen molar-refractivity contribution >= 4 is 48.2 Å². The molecule has 9 rings (SSSR count). The van der Waals surface area contributed by atoms with E-state index in [2.05, 4.69) is 78.3 Å². The normalized spacial score (nSPS) is 10.8. The first-order chi connectivity index (χ1) is 42.6. The molecular weight excluding hydrogens is 1090 g/mol. The first kappa shape index (κ1) is 66.3. The van der Waals surface area contributed by atoms with E-state index in [-0.39, 0.29) is 17.9 Å². The molecule has 10 nitrogen and oxygen atoms in total. The van der Waals surface area contributed by atoms with Crippen LogP contribution in [0.15, 0.2) is 245 Å².